The topological polar surface area (TPSA) is 35.5 Å². The van der Waals surface area contributed by atoms with Gasteiger partial charge in [-0.1, -0.05) is 31.2 Å². The summed E-state index contributed by atoms with van der Waals surface area (Å²) in [4.78, 5) is 11.0. The number of carbonyl (C=O) groups excluding carboxylic acids is 1. The maximum atomic E-state index is 11.0. The Kier molecular flexibility index (Phi) is 7.18. The van der Waals surface area contributed by atoms with Gasteiger partial charge in [-0.2, -0.15) is 0 Å². The lowest BCUT2D eigenvalue weighted by molar-refractivity contribution is 0.111. The van der Waals surface area contributed by atoms with E-state index in [1.165, 1.54) is 0 Å². The average Bonchev–Trinajstić information content (AvgIpc) is 2.46. The maximum absolute atomic E-state index is 11.0. The van der Waals surface area contributed by atoms with Gasteiger partial charge in [0.25, 0.3) is 0 Å². The van der Waals surface area contributed by atoms with E-state index in [-0.39, 0.29) is 0 Å². The molecule has 0 aliphatic heterocycles. The van der Waals surface area contributed by atoms with E-state index in [0.29, 0.717) is 30.3 Å². The zero-order valence-electron chi connectivity index (χ0n) is 12.4. The number of ether oxygens (including phenoxy) is 2. The Morgan fingerprint density at radius 1 is 1.25 bits per heavy atom. The summed E-state index contributed by atoms with van der Waals surface area (Å²) in [5.41, 5.74) is 1.62. The fourth-order valence-corrected chi connectivity index (χ4v) is 1.65. The third kappa shape index (κ3) is 4.92. The fourth-order valence-electron chi connectivity index (χ4n) is 1.65. The highest BCUT2D eigenvalue weighted by Crippen LogP contribution is 2.30. The van der Waals surface area contributed by atoms with Crippen LogP contribution in [-0.2, 0) is 0 Å². The number of rotatable bonds is 8. The smallest absolute Gasteiger partial charge is 0.171 e. The van der Waals surface area contributed by atoms with Crippen molar-refractivity contribution >= 4 is 6.29 Å². The lowest BCUT2D eigenvalue weighted by Gasteiger charge is -2.13. The molecule has 0 heterocycles. The summed E-state index contributed by atoms with van der Waals surface area (Å²) < 4.78 is 11.2. The highest BCUT2D eigenvalue weighted by atomic mass is 16.5. The lowest BCUT2D eigenvalue weighted by Crippen LogP contribution is -2.03. The molecule has 0 saturated carbocycles. The molecule has 1 aromatic rings. The van der Waals surface area contributed by atoms with Crippen LogP contribution in [0.5, 0.6) is 11.5 Å². The molecule has 0 amide bonds. The minimum atomic E-state index is 0.469. The third-order valence-electron chi connectivity index (χ3n) is 2.63. The second kappa shape index (κ2) is 8.97. The van der Waals surface area contributed by atoms with Gasteiger partial charge in [0, 0.05) is 0 Å². The first-order valence-corrected chi connectivity index (χ1v) is 6.89. The summed E-state index contributed by atoms with van der Waals surface area (Å²) in [6.45, 7) is 6.94. The van der Waals surface area contributed by atoms with Crippen LogP contribution in [0.15, 0.2) is 42.0 Å². The Morgan fingerprint density at radius 2 is 2.05 bits per heavy atom. The van der Waals surface area contributed by atoms with Gasteiger partial charge >= 0.3 is 0 Å². The van der Waals surface area contributed by atoms with E-state index in [1.54, 1.807) is 12.1 Å². The summed E-state index contributed by atoms with van der Waals surface area (Å²) in [6.07, 6.45) is 7.92. The normalized spacial score (nSPS) is 11.7. The fraction of sp³-hybridized carbons (Fsp3) is 0.353. The van der Waals surface area contributed by atoms with Gasteiger partial charge in [-0.15, -0.1) is 0 Å². The molecule has 0 aliphatic carbocycles. The van der Waals surface area contributed by atoms with Crippen molar-refractivity contribution in [2.75, 3.05) is 13.2 Å². The predicted molar refractivity (Wildman–Crippen MR) is 81.7 cm³/mol. The highest BCUT2D eigenvalue weighted by Gasteiger charge is 2.10. The van der Waals surface area contributed by atoms with Gasteiger partial charge in [-0.05, 0) is 38.0 Å². The van der Waals surface area contributed by atoms with Gasteiger partial charge in [-0.25, -0.2) is 0 Å². The second-order valence-electron chi connectivity index (χ2n) is 4.36. The van der Waals surface area contributed by atoms with E-state index in [1.807, 2.05) is 32.1 Å². The van der Waals surface area contributed by atoms with E-state index in [4.69, 9.17) is 9.47 Å². The molecule has 20 heavy (non-hydrogen) atoms. The van der Waals surface area contributed by atoms with E-state index in [9.17, 15) is 4.79 Å². The van der Waals surface area contributed by atoms with Crippen molar-refractivity contribution < 1.29 is 14.3 Å². The first-order valence-electron chi connectivity index (χ1n) is 6.89. The van der Waals surface area contributed by atoms with E-state index >= 15 is 0 Å². The number of hydrogen-bond donors (Lipinski definition) is 0. The molecular weight excluding hydrogens is 252 g/mol. The van der Waals surface area contributed by atoms with Crippen molar-refractivity contribution in [2.24, 2.45) is 0 Å². The molecule has 0 spiro atoms. The van der Waals surface area contributed by atoms with E-state index in [0.717, 1.165) is 18.3 Å². The Morgan fingerprint density at radius 3 is 2.70 bits per heavy atom. The summed E-state index contributed by atoms with van der Waals surface area (Å²) >= 11 is 0. The second-order valence-corrected chi connectivity index (χ2v) is 4.36. The zero-order chi connectivity index (χ0) is 14.8. The summed E-state index contributed by atoms with van der Waals surface area (Å²) in [7, 11) is 0. The zero-order valence-corrected chi connectivity index (χ0v) is 12.4. The van der Waals surface area contributed by atoms with Gasteiger partial charge in [0.2, 0.25) is 0 Å². The van der Waals surface area contributed by atoms with Crippen molar-refractivity contribution in [3.05, 3.63) is 47.6 Å². The quantitative estimate of drug-likeness (QED) is 0.526. The molecule has 0 radical (unpaired) electrons. The molecule has 3 nitrogen and oxygen atoms in total. The summed E-state index contributed by atoms with van der Waals surface area (Å²) in [5, 5.41) is 0. The van der Waals surface area contributed by atoms with Gasteiger partial charge in [0.1, 0.15) is 6.61 Å². The van der Waals surface area contributed by atoms with Crippen LogP contribution >= 0.6 is 0 Å². The van der Waals surface area contributed by atoms with Gasteiger partial charge < -0.3 is 9.47 Å². The molecule has 0 saturated heterocycles. The van der Waals surface area contributed by atoms with Gasteiger partial charge in [-0.3, -0.25) is 4.79 Å². The lowest BCUT2D eigenvalue weighted by atomic mass is 10.2. The molecule has 3 heteroatoms. The molecule has 0 N–H and O–H groups in total. The average molecular weight is 274 g/mol. The molecule has 0 atom stereocenters. The number of aldehydes is 1. The number of allylic oxidation sites excluding steroid dienone is 3. The molecule has 108 valence electrons. The maximum Gasteiger partial charge on any atom is 0.171 e. The van der Waals surface area contributed by atoms with Crippen LogP contribution in [0.3, 0.4) is 0 Å². The summed E-state index contributed by atoms with van der Waals surface area (Å²) in [5.74, 6) is 1.12. The van der Waals surface area contributed by atoms with Gasteiger partial charge in [0.15, 0.2) is 17.8 Å². The van der Waals surface area contributed by atoms with Crippen LogP contribution in [0.2, 0.25) is 0 Å². The Balaban J connectivity index is 2.79. The number of hydrogen-bond acceptors (Lipinski definition) is 3. The largest absolute Gasteiger partial charge is 0.489 e. The van der Waals surface area contributed by atoms with E-state index in [2.05, 4.69) is 13.0 Å². The molecule has 0 unspecified atom stereocenters. The van der Waals surface area contributed by atoms with Crippen LogP contribution in [-0.4, -0.2) is 19.5 Å². The highest BCUT2D eigenvalue weighted by molar-refractivity contribution is 5.81. The first kappa shape index (κ1) is 16.0. The SMILES string of the molecule is CC/C=C\C=C(/C)COc1cccc(C=O)c1OCC. The molecule has 0 aliphatic rings. The first-order chi connectivity index (χ1) is 9.72. The van der Waals surface area contributed by atoms with Crippen LogP contribution in [0, 0.1) is 0 Å². The molecule has 0 aromatic heterocycles. The van der Waals surface area contributed by atoms with E-state index < -0.39 is 0 Å². The van der Waals surface area contributed by atoms with Crippen molar-refractivity contribution in [3.63, 3.8) is 0 Å². The monoisotopic (exact) mass is 274 g/mol. The standard InChI is InChI=1S/C17H22O3/c1-4-6-7-9-14(3)13-20-16-11-8-10-15(12-18)17(16)19-5-2/h6-12H,4-5,13H2,1-3H3/b7-6-,14-9+. The Bertz CT molecular complexity index is 487. The van der Waals surface area contributed by atoms with Crippen LogP contribution < -0.4 is 9.47 Å². The molecule has 1 rings (SSSR count). The molecule has 1 aromatic carbocycles. The minimum Gasteiger partial charge on any atom is -0.489 e. The van der Waals surface area contributed by atoms with Crippen LogP contribution in [0.25, 0.3) is 0 Å². The molecule has 0 bridgehead atoms. The van der Waals surface area contributed by atoms with Crippen LogP contribution in [0.1, 0.15) is 37.6 Å². The van der Waals surface area contributed by atoms with Crippen LogP contribution in [0.4, 0.5) is 0 Å². The van der Waals surface area contributed by atoms with Crippen molar-refractivity contribution in [1.82, 2.24) is 0 Å². The minimum absolute atomic E-state index is 0.469. The summed E-state index contributed by atoms with van der Waals surface area (Å²) in [6, 6.07) is 5.32. The Labute approximate surface area is 120 Å². The number of carbonyl (C=O) groups is 1. The van der Waals surface area contributed by atoms with Crippen molar-refractivity contribution in [1.29, 1.82) is 0 Å². The number of benzene rings is 1. The Hall–Kier alpha value is -2.03. The van der Waals surface area contributed by atoms with Crippen molar-refractivity contribution in [3.8, 4) is 11.5 Å². The number of para-hydroxylation sites is 1. The van der Waals surface area contributed by atoms with Gasteiger partial charge in [0.05, 0.1) is 12.2 Å². The third-order valence-corrected chi connectivity index (χ3v) is 2.63. The predicted octanol–water partition coefficient (Wildman–Crippen LogP) is 4.19. The van der Waals surface area contributed by atoms with Crippen molar-refractivity contribution in [2.45, 2.75) is 27.2 Å². The molecular formula is C17H22O3. The molecule has 0 fully saturated rings.